The fourth-order valence-corrected chi connectivity index (χ4v) is 1.78. The monoisotopic (exact) mass is 269 g/mol. The largest absolute Gasteiger partial charge is 0.389 e. The maximum atomic E-state index is 13.4. The van der Waals surface area contributed by atoms with Crippen molar-refractivity contribution in [1.82, 2.24) is 9.78 Å². The van der Waals surface area contributed by atoms with Crippen molar-refractivity contribution >= 4 is 28.8 Å². The molecule has 1 aromatic heterocycles. The SMILES string of the molecule is NC(=S)c1cc(Cn2cc(Cl)cn2)ccc1F. The molecule has 2 N–H and O–H groups in total. The molecule has 0 fully saturated rings. The summed E-state index contributed by atoms with van der Waals surface area (Å²) in [4.78, 5) is 0.0443. The van der Waals surface area contributed by atoms with Gasteiger partial charge in [0.2, 0.25) is 0 Å². The van der Waals surface area contributed by atoms with Crippen LogP contribution in [0.3, 0.4) is 0 Å². The minimum atomic E-state index is -0.417. The Labute approximate surface area is 108 Å². The van der Waals surface area contributed by atoms with Crippen LogP contribution in [0.2, 0.25) is 5.02 Å². The van der Waals surface area contributed by atoms with E-state index in [0.717, 1.165) is 5.56 Å². The first-order valence-electron chi connectivity index (χ1n) is 4.82. The summed E-state index contributed by atoms with van der Waals surface area (Å²) in [5, 5.41) is 4.59. The minimum Gasteiger partial charge on any atom is -0.389 e. The van der Waals surface area contributed by atoms with E-state index < -0.39 is 5.82 Å². The first-order valence-corrected chi connectivity index (χ1v) is 5.61. The highest BCUT2D eigenvalue weighted by Gasteiger charge is 2.06. The molecule has 0 aliphatic carbocycles. The molecule has 0 radical (unpaired) electrons. The summed E-state index contributed by atoms with van der Waals surface area (Å²) in [6.45, 7) is 0.489. The van der Waals surface area contributed by atoms with Gasteiger partial charge in [-0.1, -0.05) is 29.9 Å². The summed E-state index contributed by atoms with van der Waals surface area (Å²) in [7, 11) is 0. The van der Waals surface area contributed by atoms with Gasteiger partial charge >= 0.3 is 0 Å². The van der Waals surface area contributed by atoms with Gasteiger partial charge in [-0.25, -0.2) is 4.39 Å². The van der Waals surface area contributed by atoms with Crippen molar-refractivity contribution in [3.05, 3.63) is 52.6 Å². The van der Waals surface area contributed by atoms with Gasteiger partial charge in [-0.15, -0.1) is 0 Å². The Morgan fingerprint density at radius 3 is 2.88 bits per heavy atom. The van der Waals surface area contributed by atoms with E-state index in [9.17, 15) is 4.39 Å². The molecule has 1 heterocycles. The lowest BCUT2D eigenvalue weighted by Crippen LogP contribution is -2.12. The molecule has 17 heavy (non-hydrogen) atoms. The molecule has 3 nitrogen and oxygen atoms in total. The predicted molar refractivity (Wildman–Crippen MR) is 68.6 cm³/mol. The summed E-state index contributed by atoms with van der Waals surface area (Å²) in [5.41, 5.74) is 6.53. The van der Waals surface area contributed by atoms with Crippen molar-refractivity contribution in [2.75, 3.05) is 0 Å². The predicted octanol–water partition coefficient (Wildman–Crippen LogP) is 2.36. The zero-order valence-corrected chi connectivity index (χ0v) is 10.3. The van der Waals surface area contributed by atoms with Crippen molar-refractivity contribution in [2.24, 2.45) is 5.73 Å². The Balaban J connectivity index is 2.28. The molecule has 0 atom stereocenters. The quantitative estimate of drug-likeness (QED) is 0.870. The van der Waals surface area contributed by atoms with Gasteiger partial charge in [0.15, 0.2) is 0 Å². The fraction of sp³-hybridized carbons (Fsp3) is 0.0909. The van der Waals surface area contributed by atoms with Gasteiger partial charge in [0.1, 0.15) is 10.8 Å². The molecule has 0 aliphatic rings. The van der Waals surface area contributed by atoms with E-state index in [-0.39, 0.29) is 10.6 Å². The van der Waals surface area contributed by atoms with Crippen molar-refractivity contribution in [3.63, 3.8) is 0 Å². The molecule has 2 aromatic rings. The highest BCUT2D eigenvalue weighted by Crippen LogP contribution is 2.13. The number of thiocarbonyl (C=S) groups is 1. The summed E-state index contributed by atoms with van der Waals surface area (Å²) >= 11 is 10.5. The lowest BCUT2D eigenvalue weighted by molar-refractivity contribution is 0.622. The third-order valence-corrected chi connectivity index (χ3v) is 2.66. The molecule has 0 saturated carbocycles. The number of aromatic nitrogens is 2. The Morgan fingerprint density at radius 1 is 1.53 bits per heavy atom. The van der Waals surface area contributed by atoms with E-state index in [1.807, 2.05) is 0 Å². The van der Waals surface area contributed by atoms with Crippen LogP contribution >= 0.6 is 23.8 Å². The lowest BCUT2D eigenvalue weighted by atomic mass is 10.1. The molecular weight excluding hydrogens is 261 g/mol. The van der Waals surface area contributed by atoms with E-state index >= 15 is 0 Å². The highest BCUT2D eigenvalue weighted by molar-refractivity contribution is 7.80. The number of hydrogen-bond donors (Lipinski definition) is 1. The van der Waals surface area contributed by atoms with E-state index in [2.05, 4.69) is 5.10 Å². The van der Waals surface area contributed by atoms with Crippen molar-refractivity contribution in [1.29, 1.82) is 0 Å². The summed E-state index contributed by atoms with van der Waals surface area (Å²) in [5.74, 6) is -0.417. The number of nitrogens with two attached hydrogens (primary N) is 1. The van der Waals surface area contributed by atoms with Crippen LogP contribution in [0, 0.1) is 5.82 Å². The second kappa shape index (κ2) is 4.81. The molecular formula is C11H9ClFN3S. The van der Waals surface area contributed by atoms with Crippen molar-refractivity contribution in [3.8, 4) is 0 Å². The maximum Gasteiger partial charge on any atom is 0.133 e. The topological polar surface area (TPSA) is 43.8 Å². The van der Waals surface area contributed by atoms with Crippen LogP contribution in [0.25, 0.3) is 0 Å². The molecule has 0 bridgehead atoms. The molecule has 6 heteroatoms. The first-order chi connectivity index (χ1) is 8.06. The summed E-state index contributed by atoms with van der Waals surface area (Å²) < 4.78 is 15.0. The van der Waals surface area contributed by atoms with Gasteiger partial charge in [0, 0.05) is 11.8 Å². The van der Waals surface area contributed by atoms with E-state index in [4.69, 9.17) is 29.6 Å². The average molecular weight is 270 g/mol. The zero-order chi connectivity index (χ0) is 12.4. The van der Waals surface area contributed by atoms with E-state index in [1.165, 1.54) is 6.07 Å². The Kier molecular flexibility index (Phi) is 3.40. The number of rotatable bonds is 3. The Hall–Kier alpha value is -1.46. The Morgan fingerprint density at radius 2 is 2.29 bits per heavy atom. The second-order valence-corrected chi connectivity index (χ2v) is 4.41. The van der Waals surface area contributed by atoms with Crippen LogP contribution in [0.4, 0.5) is 4.39 Å². The molecule has 0 unspecified atom stereocenters. The number of nitrogens with zero attached hydrogens (tertiary/aromatic N) is 2. The second-order valence-electron chi connectivity index (χ2n) is 3.53. The zero-order valence-electron chi connectivity index (χ0n) is 8.73. The third-order valence-electron chi connectivity index (χ3n) is 2.24. The van der Waals surface area contributed by atoms with Crippen LogP contribution in [-0.4, -0.2) is 14.8 Å². The smallest absolute Gasteiger partial charge is 0.133 e. The first kappa shape index (κ1) is 12.0. The maximum absolute atomic E-state index is 13.4. The fourth-order valence-electron chi connectivity index (χ4n) is 1.47. The van der Waals surface area contributed by atoms with Gasteiger partial charge in [0.25, 0.3) is 0 Å². The molecule has 2 rings (SSSR count). The summed E-state index contributed by atoms with van der Waals surface area (Å²) in [6, 6.07) is 4.62. The van der Waals surface area contributed by atoms with Gasteiger partial charge in [0.05, 0.1) is 17.8 Å². The summed E-state index contributed by atoms with van der Waals surface area (Å²) in [6.07, 6.45) is 3.23. The van der Waals surface area contributed by atoms with Crippen LogP contribution in [0.1, 0.15) is 11.1 Å². The van der Waals surface area contributed by atoms with Gasteiger partial charge in [-0.3, -0.25) is 4.68 Å². The Bertz CT molecular complexity index is 568. The number of halogens is 2. The van der Waals surface area contributed by atoms with E-state index in [1.54, 1.807) is 29.2 Å². The standard InChI is InChI=1S/C11H9ClFN3S/c12-8-4-15-16(6-8)5-7-1-2-10(13)9(3-7)11(14)17/h1-4,6H,5H2,(H2,14,17). The number of hydrogen-bond acceptors (Lipinski definition) is 2. The van der Waals surface area contributed by atoms with Crippen LogP contribution < -0.4 is 5.73 Å². The van der Waals surface area contributed by atoms with Crippen molar-refractivity contribution < 1.29 is 4.39 Å². The molecule has 0 aliphatic heterocycles. The molecule has 88 valence electrons. The normalized spacial score (nSPS) is 10.5. The molecule has 0 spiro atoms. The van der Waals surface area contributed by atoms with Gasteiger partial charge < -0.3 is 5.73 Å². The van der Waals surface area contributed by atoms with E-state index in [0.29, 0.717) is 11.6 Å². The van der Waals surface area contributed by atoms with Crippen LogP contribution in [0.5, 0.6) is 0 Å². The average Bonchev–Trinajstić information content (AvgIpc) is 2.66. The van der Waals surface area contributed by atoms with Crippen molar-refractivity contribution in [2.45, 2.75) is 6.54 Å². The van der Waals surface area contributed by atoms with Gasteiger partial charge in [-0.05, 0) is 17.7 Å². The number of benzene rings is 1. The van der Waals surface area contributed by atoms with Crippen LogP contribution in [0.15, 0.2) is 30.6 Å². The van der Waals surface area contributed by atoms with Gasteiger partial charge in [-0.2, -0.15) is 5.10 Å². The molecule has 0 amide bonds. The molecule has 1 aromatic carbocycles. The molecule has 0 saturated heterocycles. The third kappa shape index (κ3) is 2.81. The lowest BCUT2D eigenvalue weighted by Gasteiger charge is -2.05. The highest BCUT2D eigenvalue weighted by atomic mass is 35.5. The van der Waals surface area contributed by atoms with Crippen LogP contribution in [-0.2, 0) is 6.54 Å². The minimum absolute atomic E-state index is 0.0443.